The van der Waals surface area contributed by atoms with Gasteiger partial charge < -0.3 is 9.80 Å². The lowest BCUT2D eigenvalue weighted by atomic mass is 10.1. The van der Waals surface area contributed by atoms with Crippen molar-refractivity contribution in [2.24, 2.45) is 5.92 Å². The molecular weight excluding hydrogens is 278 g/mol. The largest absolute Gasteiger partial charge is 0.345 e. The molecule has 5 heteroatoms. The zero-order chi connectivity index (χ0) is 16.1. The first-order chi connectivity index (χ1) is 10.6. The Bertz CT molecular complexity index is 606. The summed E-state index contributed by atoms with van der Waals surface area (Å²) in [6.45, 7) is 3.15. The molecule has 0 N–H and O–H groups in total. The molecule has 1 aromatic carbocycles. The Balaban J connectivity index is 2.11. The van der Waals surface area contributed by atoms with Crippen molar-refractivity contribution in [2.45, 2.75) is 26.2 Å². The number of hydrogen-bond donors (Lipinski definition) is 0. The van der Waals surface area contributed by atoms with Gasteiger partial charge >= 0.3 is 0 Å². The van der Waals surface area contributed by atoms with Gasteiger partial charge in [-0.15, -0.1) is 0 Å². The maximum Gasteiger partial charge on any atom is 0.227 e. The first-order valence-electron chi connectivity index (χ1n) is 7.63. The summed E-state index contributed by atoms with van der Waals surface area (Å²) < 4.78 is 0. The molecule has 2 amide bonds. The summed E-state index contributed by atoms with van der Waals surface area (Å²) in [6.07, 6.45) is 2.21. The van der Waals surface area contributed by atoms with E-state index in [2.05, 4.69) is 13.0 Å². The highest BCUT2D eigenvalue weighted by Crippen LogP contribution is 2.28. The highest BCUT2D eigenvalue weighted by molar-refractivity contribution is 6.01. The molecule has 0 radical (unpaired) electrons. The molecule has 1 aliphatic heterocycles. The van der Waals surface area contributed by atoms with Crippen LogP contribution in [0.25, 0.3) is 0 Å². The minimum atomic E-state index is -0.318. The Morgan fingerprint density at radius 2 is 2.18 bits per heavy atom. The van der Waals surface area contributed by atoms with Crippen LogP contribution in [0.3, 0.4) is 0 Å². The second kappa shape index (κ2) is 7.08. The Labute approximate surface area is 131 Å². The zero-order valence-corrected chi connectivity index (χ0v) is 13.1. The highest BCUT2D eigenvalue weighted by atomic mass is 16.2. The molecule has 22 heavy (non-hydrogen) atoms. The van der Waals surface area contributed by atoms with Gasteiger partial charge in [0, 0.05) is 26.6 Å². The molecule has 1 aromatic rings. The van der Waals surface area contributed by atoms with Crippen LogP contribution in [0.5, 0.6) is 0 Å². The zero-order valence-electron chi connectivity index (χ0n) is 13.1. The van der Waals surface area contributed by atoms with E-state index < -0.39 is 0 Å². The van der Waals surface area contributed by atoms with E-state index in [0.29, 0.717) is 17.8 Å². The van der Waals surface area contributed by atoms with E-state index in [-0.39, 0.29) is 24.2 Å². The van der Waals surface area contributed by atoms with Crippen molar-refractivity contribution in [1.82, 2.24) is 4.90 Å². The lowest BCUT2D eigenvalue weighted by Gasteiger charge is -2.21. The normalized spacial score (nSPS) is 17.4. The third-order valence-corrected chi connectivity index (χ3v) is 4.01. The van der Waals surface area contributed by atoms with Gasteiger partial charge in [0.1, 0.15) is 6.07 Å². The molecule has 1 heterocycles. The summed E-state index contributed by atoms with van der Waals surface area (Å²) in [6, 6.07) is 9.10. The van der Waals surface area contributed by atoms with Gasteiger partial charge in [0.05, 0.1) is 17.2 Å². The van der Waals surface area contributed by atoms with Gasteiger partial charge in [-0.1, -0.05) is 25.5 Å². The van der Waals surface area contributed by atoms with Crippen molar-refractivity contribution >= 4 is 17.5 Å². The van der Waals surface area contributed by atoms with Crippen molar-refractivity contribution in [3.63, 3.8) is 0 Å². The van der Waals surface area contributed by atoms with Gasteiger partial charge in [0.2, 0.25) is 11.8 Å². The molecule has 0 aromatic heterocycles. The van der Waals surface area contributed by atoms with Gasteiger partial charge in [-0.05, 0) is 18.6 Å². The maximum absolute atomic E-state index is 12.4. The van der Waals surface area contributed by atoms with E-state index in [1.54, 1.807) is 41.1 Å². The number of amides is 2. The molecule has 0 bridgehead atoms. The van der Waals surface area contributed by atoms with Gasteiger partial charge in [-0.3, -0.25) is 9.59 Å². The molecule has 116 valence electrons. The molecule has 0 aliphatic carbocycles. The van der Waals surface area contributed by atoms with E-state index in [1.807, 2.05) is 0 Å². The number of carbonyl (C=O) groups excluding carboxylic acids is 2. The number of nitriles is 1. The smallest absolute Gasteiger partial charge is 0.227 e. The Morgan fingerprint density at radius 1 is 1.45 bits per heavy atom. The van der Waals surface area contributed by atoms with Crippen LogP contribution in [0, 0.1) is 17.2 Å². The number of nitrogens with zero attached hydrogens (tertiary/aromatic N) is 3. The van der Waals surface area contributed by atoms with Crippen LogP contribution in [0.1, 0.15) is 31.7 Å². The minimum absolute atomic E-state index is 0.0127. The molecule has 5 nitrogen and oxygen atoms in total. The fourth-order valence-corrected chi connectivity index (χ4v) is 2.73. The van der Waals surface area contributed by atoms with Crippen molar-refractivity contribution in [3.05, 3.63) is 29.8 Å². The average Bonchev–Trinajstić information content (AvgIpc) is 2.93. The van der Waals surface area contributed by atoms with Gasteiger partial charge in [-0.2, -0.15) is 5.26 Å². The van der Waals surface area contributed by atoms with Gasteiger partial charge in [-0.25, -0.2) is 0 Å². The molecule has 1 saturated heterocycles. The Hall–Kier alpha value is -2.35. The van der Waals surface area contributed by atoms with E-state index >= 15 is 0 Å². The second-order valence-electron chi connectivity index (χ2n) is 5.65. The van der Waals surface area contributed by atoms with Crippen LogP contribution < -0.4 is 4.90 Å². The molecule has 1 atom stereocenters. The van der Waals surface area contributed by atoms with Crippen LogP contribution >= 0.6 is 0 Å². The maximum atomic E-state index is 12.4. The standard InChI is InChI=1S/C17H21N3O2/c1-3-4-9-19(2)17(22)14-10-16(21)20(12-14)15-8-6-5-7-13(15)11-18/h5-8,14H,3-4,9-10,12H2,1-2H3. The molecule has 1 fully saturated rings. The van der Waals surface area contributed by atoms with Crippen LogP contribution in [-0.4, -0.2) is 36.9 Å². The second-order valence-corrected chi connectivity index (χ2v) is 5.65. The Kier molecular flexibility index (Phi) is 5.16. The summed E-state index contributed by atoms with van der Waals surface area (Å²) in [4.78, 5) is 27.9. The van der Waals surface area contributed by atoms with Crippen LogP contribution in [0.4, 0.5) is 5.69 Å². The number of benzene rings is 1. The predicted octanol–water partition coefficient (Wildman–Crippen LogP) is 2.17. The predicted molar refractivity (Wildman–Crippen MR) is 84.2 cm³/mol. The first kappa shape index (κ1) is 16.0. The molecular formula is C17H21N3O2. The van der Waals surface area contributed by atoms with Crippen LogP contribution in [-0.2, 0) is 9.59 Å². The van der Waals surface area contributed by atoms with Crippen molar-refractivity contribution in [3.8, 4) is 6.07 Å². The number of rotatable bonds is 5. The number of para-hydroxylation sites is 1. The molecule has 1 aliphatic rings. The van der Waals surface area contributed by atoms with Crippen LogP contribution in [0.2, 0.25) is 0 Å². The number of unbranched alkanes of at least 4 members (excludes halogenated alkanes) is 1. The molecule has 1 unspecified atom stereocenters. The highest BCUT2D eigenvalue weighted by Gasteiger charge is 2.37. The summed E-state index contributed by atoms with van der Waals surface area (Å²) in [5.41, 5.74) is 1.06. The molecule has 2 rings (SSSR count). The van der Waals surface area contributed by atoms with E-state index in [4.69, 9.17) is 5.26 Å². The summed E-state index contributed by atoms with van der Waals surface area (Å²) in [5, 5.41) is 9.16. The van der Waals surface area contributed by atoms with E-state index in [0.717, 1.165) is 19.4 Å². The third kappa shape index (κ3) is 3.28. The SMILES string of the molecule is CCCCN(C)C(=O)C1CC(=O)N(c2ccccc2C#N)C1. The lowest BCUT2D eigenvalue weighted by molar-refractivity contribution is -0.134. The van der Waals surface area contributed by atoms with Gasteiger partial charge in [0.25, 0.3) is 0 Å². The molecule has 0 spiro atoms. The minimum Gasteiger partial charge on any atom is -0.345 e. The van der Waals surface area contributed by atoms with Crippen molar-refractivity contribution in [2.75, 3.05) is 25.0 Å². The van der Waals surface area contributed by atoms with E-state index in [1.165, 1.54) is 0 Å². The Morgan fingerprint density at radius 3 is 2.86 bits per heavy atom. The number of carbonyl (C=O) groups is 2. The summed E-state index contributed by atoms with van der Waals surface area (Å²) in [7, 11) is 1.79. The molecule has 0 saturated carbocycles. The first-order valence-corrected chi connectivity index (χ1v) is 7.63. The number of hydrogen-bond acceptors (Lipinski definition) is 3. The fourth-order valence-electron chi connectivity index (χ4n) is 2.73. The van der Waals surface area contributed by atoms with Gasteiger partial charge in [0.15, 0.2) is 0 Å². The van der Waals surface area contributed by atoms with Crippen molar-refractivity contribution < 1.29 is 9.59 Å². The van der Waals surface area contributed by atoms with Crippen LogP contribution in [0.15, 0.2) is 24.3 Å². The quantitative estimate of drug-likeness (QED) is 0.837. The van der Waals surface area contributed by atoms with E-state index in [9.17, 15) is 9.59 Å². The average molecular weight is 299 g/mol. The lowest BCUT2D eigenvalue weighted by Crippen LogP contribution is -2.35. The summed E-state index contributed by atoms with van der Waals surface area (Å²) >= 11 is 0. The number of anilines is 1. The third-order valence-electron chi connectivity index (χ3n) is 4.01. The summed E-state index contributed by atoms with van der Waals surface area (Å²) in [5.74, 6) is -0.398. The van der Waals surface area contributed by atoms with Crippen molar-refractivity contribution in [1.29, 1.82) is 5.26 Å². The fraction of sp³-hybridized carbons (Fsp3) is 0.471. The topological polar surface area (TPSA) is 64.4 Å². The monoisotopic (exact) mass is 299 g/mol.